The molecular formula is C16H28N2OS. The lowest BCUT2D eigenvalue weighted by molar-refractivity contribution is -0.122. The van der Waals surface area contributed by atoms with Gasteiger partial charge in [-0.15, -0.1) is 11.3 Å². The Morgan fingerprint density at radius 1 is 1.20 bits per heavy atom. The molecule has 0 spiro atoms. The fraction of sp³-hybridized carbons (Fsp3) is 0.688. The average Bonchev–Trinajstić information content (AvgIpc) is 2.98. The highest BCUT2D eigenvalue weighted by molar-refractivity contribution is 7.10. The Labute approximate surface area is 127 Å². The van der Waals surface area contributed by atoms with Crippen molar-refractivity contribution in [2.24, 2.45) is 5.73 Å². The molecule has 0 radical (unpaired) electrons. The minimum Gasteiger partial charge on any atom is -0.354 e. The Balaban J connectivity index is 1.97. The van der Waals surface area contributed by atoms with Gasteiger partial charge in [0.25, 0.3) is 0 Å². The zero-order chi connectivity index (χ0) is 14.6. The largest absolute Gasteiger partial charge is 0.354 e. The summed E-state index contributed by atoms with van der Waals surface area (Å²) in [5, 5.41) is 4.87. The molecule has 0 aliphatic rings. The molecule has 1 heterocycles. The minimum absolute atomic E-state index is 0.0598. The Morgan fingerprint density at radius 3 is 2.45 bits per heavy atom. The highest BCUT2D eigenvalue weighted by Gasteiger charge is 2.15. The molecule has 1 aromatic heterocycles. The van der Waals surface area contributed by atoms with Crippen molar-refractivity contribution < 1.29 is 4.79 Å². The third-order valence-electron chi connectivity index (χ3n) is 3.46. The molecule has 1 atom stereocenters. The average molecular weight is 296 g/mol. The van der Waals surface area contributed by atoms with E-state index >= 15 is 0 Å². The maximum absolute atomic E-state index is 11.8. The van der Waals surface area contributed by atoms with Crippen molar-refractivity contribution >= 4 is 17.2 Å². The molecule has 1 rings (SSSR count). The summed E-state index contributed by atoms with van der Waals surface area (Å²) in [5.41, 5.74) is 5.89. The summed E-state index contributed by atoms with van der Waals surface area (Å²) in [7, 11) is 0. The van der Waals surface area contributed by atoms with Crippen LogP contribution in [0.3, 0.4) is 0 Å². The van der Waals surface area contributed by atoms with Crippen LogP contribution in [0.2, 0.25) is 0 Å². The fourth-order valence-electron chi connectivity index (χ4n) is 2.18. The molecular weight excluding hydrogens is 268 g/mol. The summed E-state index contributed by atoms with van der Waals surface area (Å²) in [6.45, 7) is 2.98. The van der Waals surface area contributed by atoms with E-state index in [2.05, 4.69) is 12.2 Å². The number of carbonyl (C=O) groups excluding carboxylic acids is 1. The summed E-state index contributed by atoms with van der Waals surface area (Å²) in [4.78, 5) is 12.7. The van der Waals surface area contributed by atoms with Gasteiger partial charge in [0.1, 0.15) is 6.04 Å². The Morgan fingerprint density at radius 2 is 1.85 bits per heavy atom. The predicted molar refractivity (Wildman–Crippen MR) is 86.9 cm³/mol. The van der Waals surface area contributed by atoms with Crippen molar-refractivity contribution in [2.45, 2.75) is 64.3 Å². The molecule has 4 heteroatoms. The van der Waals surface area contributed by atoms with Crippen LogP contribution in [0.1, 0.15) is 69.2 Å². The lowest BCUT2D eigenvalue weighted by Gasteiger charge is -2.10. The highest BCUT2D eigenvalue weighted by atomic mass is 32.1. The van der Waals surface area contributed by atoms with Crippen molar-refractivity contribution in [3.8, 4) is 0 Å². The minimum atomic E-state index is -0.510. The lowest BCUT2D eigenvalue weighted by Crippen LogP contribution is -2.34. The van der Waals surface area contributed by atoms with Gasteiger partial charge in [-0.05, 0) is 17.9 Å². The summed E-state index contributed by atoms with van der Waals surface area (Å²) in [6, 6.07) is 3.32. The Bertz CT molecular complexity index is 351. The van der Waals surface area contributed by atoms with Crippen LogP contribution in [0.15, 0.2) is 17.5 Å². The first kappa shape index (κ1) is 17.2. The summed E-state index contributed by atoms with van der Waals surface area (Å²) < 4.78 is 0. The normalized spacial score (nSPS) is 12.3. The fourth-order valence-corrected chi connectivity index (χ4v) is 2.90. The van der Waals surface area contributed by atoms with E-state index in [9.17, 15) is 4.79 Å². The zero-order valence-electron chi connectivity index (χ0n) is 12.6. The van der Waals surface area contributed by atoms with Gasteiger partial charge in [0.2, 0.25) is 5.91 Å². The molecule has 0 aliphatic heterocycles. The first-order valence-electron chi connectivity index (χ1n) is 7.82. The van der Waals surface area contributed by atoms with Crippen LogP contribution >= 0.6 is 11.3 Å². The molecule has 0 aromatic carbocycles. The van der Waals surface area contributed by atoms with Crippen molar-refractivity contribution in [3.63, 3.8) is 0 Å². The molecule has 0 bridgehead atoms. The van der Waals surface area contributed by atoms with Gasteiger partial charge in [0, 0.05) is 11.4 Å². The number of thiophene rings is 1. The van der Waals surface area contributed by atoms with E-state index in [1.807, 2.05) is 17.5 Å². The molecule has 0 saturated carbocycles. The van der Waals surface area contributed by atoms with E-state index in [0.29, 0.717) is 0 Å². The van der Waals surface area contributed by atoms with Crippen LogP contribution in [0, 0.1) is 0 Å². The number of nitrogens with one attached hydrogen (secondary N) is 1. The number of hydrogen-bond donors (Lipinski definition) is 2. The van der Waals surface area contributed by atoms with Crippen LogP contribution < -0.4 is 11.1 Å². The number of carbonyl (C=O) groups is 1. The van der Waals surface area contributed by atoms with Gasteiger partial charge >= 0.3 is 0 Å². The number of hydrogen-bond acceptors (Lipinski definition) is 3. The molecule has 0 fully saturated rings. The van der Waals surface area contributed by atoms with E-state index < -0.39 is 6.04 Å². The van der Waals surface area contributed by atoms with E-state index in [-0.39, 0.29) is 5.91 Å². The second-order valence-corrected chi connectivity index (χ2v) is 6.24. The van der Waals surface area contributed by atoms with Gasteiger partial charge in [0.15, 0.2) is 0 Å². The third-order valence-corrected chi connectivity index (χ3v) is 4.42. The van der Waals surface area contributed by atoms with E-state index in [1.165, 1.54) is 56.3 Å². The number of amides is 1. The molecule has 3 nitrogen and oxygen atoms in total. The van der Waals surface area contributed by atoms with Gasteiger partial charge in [-0.25, -0.2) is 0 Å². The standard InChI is InChI=1S/C16H28N2OS/c1-2-3-4-5-6-7-8-9-12-18-16(19)15(17)14-11-10-13-20-14/h10-11,13,15H,2-9,12,17H2,1H3,(H,18,19). The maximum atomic E-state index is 11.8. The quantitative estimate of drug-likeness (QED) is 0.606. The molecule has 1 amide bonds. The van der Waals surface area contributed by atoms with Gasteiger partial charge in [-0.2, -0.15) is 0 Å². The molecule has 0 saturated heterocycles. The van der Waals surface area contributed by atoms with Crippen molar-refractivity contribution in [1.82, 2.24) is 5.32 Å². The second-order valence-electron chi connectivity index (χ2n) is 5.26. The summed E-state index contributed by atoms with van der Waals surface area (Å²) in [6.07, 6.45) is 10.2. The molecule has 114 valence electrons. The van der Waals surface area contributed by atoms with E-state index in [4.69, 9.17) is 5.73 Å². The number of unbranched alkanes of at least 4 members (excludes halogenated alkanes) is 7. The van der Waals surface area contributed by atoms with Crippen LogP contribution in [-0.2, 0) is 4.79 Å². The Hall–Kier alpha value is -0.870. The third kappa shape index (κ3) is 7.06. The topological polar surface area (TPSA) is 55.1 Å². The highest BCUT2D eigenvalue weighted by Crippen LogP contribution is 2.16. The maximum Gasteiger partial charge on any atom is 0.242 e. The lowest BCUT2D eigenvalue weighted by atomic mass is 10.1. The molecule has 3 N–H and O–H groups in total. The first-order valence-corrected chi connectivity index (χ1v) is 8.70. The Kier molecular flexibility index (Phi) is 9.33. The van der Waals surface area contributed by atoms with Crippen LogP contribution in [-0.4, -0.2) is 12.5 Å². The van der Waals surface area contributed by atoms with Crippen LogP contribution in [0.5, 0.6) is 0 Å². The summed E-state index contributed by atoms with van der Waals surface area (Å²) >= 11 is 1.53. The van der Waals surface area contributed by atoms with Crippen molar-refractivity contribution in [2.75, 3.05) is 6.54 Å². The van der Waals surface area contributed by atoms with Crippen LogP contribution in [0.25, 0.3) is 0 Å². The van der Waals surface area contributed by atoms with Crippen molar-refractivity contribution in [1.29, 1.82) is 0 Å². The smallest absolute Gasteiger partial charge is 0.242 e. The number of rotatable bonds is 11. The molecule has 0 aliphatic carbocycles. The SMILES string of the molecule is CCCCCCCCCCNC(=O)C(N)c1cccs1. The predicted octanol–water partition coefficient (Wildman–Crippen LogP) is 4.00. The first-order chi connectivity index (χ1) is 9.75. The molecule has 20 heavy (non-hydrogen) atoms. The van der Waals surface area contributed by atoms with E-state index in [0.717, 1.165) is 17.8 Å². The number of nitrogens with two attached hydrogens (primary N) is 1. The monoisotopic (exact) mass is 296 g/mol. The second kappa shape index (κ2) is 10.9. The van der Waals surface area contributed by atoms with Gasteiger partial charge in [-0.1, -0.05) is 57.9 Å². The van der Waals surface area contributed by atoms with Gasteiger partial charge < -0.3 is 11.1 Å². The van der Waals surface area contributed by atoms with Crippen LogP contribution in [0.4, 0.5) is 0 Å². The van der Waals surface area contributed by atoms with Gasteiger partial charge in [-0.3, -0.25) is 4.79 Å². The summed E-state index contributed by atoms with van der Waals surface area (Å²) in [5.74, 6) is -0.0598. The van der Waals surface area contributed by atoms with E-state index in [1.54, 1.807) is 0 Å². The van der Waals surface area contributed by atoms with Gasteiger partial charge in [0.05, 0.1) is 0 Å². The molecule has 1 unspecified atom stereocenters. The zero-order valence-corrected chi connectivity index (χ0v) is 13.4. The van der Waals surface area contributed by atoms with Crippen molar-refractivity contribution in [3.05, 3.63) is 22.4 Å². The molecule has 1 aromatic rings.